The molecule has 4 nitrogen and oxygen atoms in total. The number of carbonyl (C=O) groups excluding carboxylic acids is 1. The van der Waals surface area contributed by atoms with Gasteiger partial charge in [0.05, 0.1) is 11.9 Å². The number of nitrogens with one attached hydrogen (secondary N) is 2. The molecule has 0 atom stereocenters. The highest BCUT2D eigenvalue weighted by molar-refractivity contribution is 5.87. The van der Waals surface area contributed by atoms with Gasteiger partial charge in [-0.15, -0.1) is 0 Å². The summed E-state index contributed by atoms with van der Waals surface area (Å²) in [7, 11) is 0. The first-order valence-corrected chi connectivity index (χ1v) is 5.71. The van der Waals surface area contributed by atoms with Crippen LogP contribution in [-0.2, 0) is 4.79 Å². The summed E-state index contributed by atoms with van der Waals surface area (Å²) in [5, 5.41) is 5.91. The van der Waals surface area contributed by atoms with E-state index in [0.717, 1.165) is 11.4 Å². The van der Waals surface area contributed by atoms with E-state index >= 15 is 0 Å². The van der Waals surface area contributed by atoms with E-state index in [2.05, 4.69) is 15.6 Å². The van der Waals surface area contributed by atoms with Gasteiger partial charge < -0.3 is 10.6 Å². The lowest BCUT2D eigenvalue weighted by Crippen LogP contribution is -2.07. The number of para-hydroxylation sites is 1. The summed E-state index contributed by atoms with van der Waals surface area (Å²) in [4.78, 5) is 15.0. The number of hydrogen-bond donors (Lipinski definition) is 2. The van der Waals surface area contributed by atoms with Crippen LogP contribution in [0.25, 0.3) is 0 Å². The van der Waals surface area contributed by atoms with Crippen molar-refractivity contribution in [3.8, 4) is 0 Å². The van der Waals surface area contributed by atoms with Gasteiger partial charge in [-0.25, -0.2) is 4.98 Å². The molecule has 1 heterocycles. The van der Waals surface area contributed by atoms with Gasteiger partial charge in [0.1, 0.15) is 5.82 Å². The molecule has 2 aromatic rings. The summed E-state index contributed by atoms with van der Waals surface area (Å²) in [5.41, 5.74) is 3.11. The molecule has 0 aliphatic rings. The van der Waals surface area contributed by atoms with E-state index in [-0.39, 0.29) is 5.91 Å². The van der Waals surface area contributed by atoms with Crippen molar-refractivity contribution in [2.75, 3.05) is 10.6 Å². The maximum absolute atomic E-state index is 10.9. The van der Waals surface area contributed by atoms with E-state index < -0.39 is 0 Å². The lowest BCUT2D eigenvalue weighted by molar-refractivity contribution is -0.114. The van der Waals surface area contributed by atoms with Crippen LogP contribution in [0.4, 0.5) is 17.2 Å². The zero-order chi connectivity index (χ0) is 13.0. The highest BCUT2D eigenvalue weighted by atomic mass is 16.1. The number of amides is 1. The van der Waals surface area contributed by atoms with Gasteiger partial charge in [0.25, 0.3) is 0 Å². The average Bonchev–Trinajstić information content (AvgIpc) is 2.34. The van der Waals surface area contributed by atoms with Crippen molar-refractivity contribution < 1.29 is 4.79 Å². The van der Waals surface area contributed by atoms with Gasteiger partial charge in [-0.1, -0.05) is 18.2 Å². The molecular formula is C14H15N3O. The maximum Gasteiger partial charge on any atom is 0.222 e. The molecule has 1 aromatic carbocycles. The Morgan fingerprint density at radius 1 is 1.17 bits per heavy atom. The van der Waals surface area contributed by atoms with Crippen molar-refractivity contribution in [3.63, 3.8) is 0 Å². The van der Waals surface area contributed by atoms with E-state index in [1.807, 2.05) is 37.3 Å². The molecule has 0 unspecified atom stereocenters. The average molecular weight is 241 g/mol. The maximum atomic E-state index is 10.9. The summed E-state index contributed by atoms with van der Waals surface area (Å²) in [6, 6.07) is 11.7. The third-order valence-electron chi connectivity index (χ3n) is 2.49. The second-order valence-electron chi connectivity index (χ2n) is 4.05. The normalized spacial score (nSPS) is 9.89. The summed E-state index contributed by atoms with van der Waals surface area (Å²) >= 11 is 0. The highest BCUT2D eigenvalue weighted by Gasteiger charge is 2.00. The smallest absolute Gasteiger partial charge is 0.222 e. The predicted octanol–water partition coefficient (Wildman–Crippen LogP) is 3.09. The second-order valence-corrected chi connectivity index (χ2v) is 4.05. The van der Waals surface area contributed by atoms with Crippen LogP contribution in [0.3, 0.4) is 0 Å². The van der Waals surface area contributed by atoms with E-state index in [1.54, 1.807) is 12.3 Å². The number of pyridine rings is 1. The Kier molecular flexibility index (Phi) is 3.57. The Balaban J connectivity index is 2.11. The zero-order valence-corrected chi connectivity index (χ0v) is 10.4. The van der Waals surface area contributed by atoms with Crippen molar-refractivity contribution in [2.24, 2.45) is 0 Å². The summed E-state index contributed by atoms with van der Waals surface area (Å²) in [5.74, 6) is 0.431. The van der Waals surface area contributed by atoms with Crippen LogP contribution in [0, 0.1) is 6.92 Å². The topological polar surface area (TPSA) is 54.0 Å². The third-order valence-corrected chi connectivity index (χ3v) is 2.49. The fourth-order valence-corrected chi connectivity index (χ4v) is 1.59. The van der Waals surface area contributed by atoms with Gasteiger partial charge in [0, 0.05) is 12.6 Å². The lowest BCUT2D eigenvalue weighted by Gasteiger charge is -2.09. The van der Waals surface area contributed by atoms with Crippen molar-refractivity contribution >= 4 is 23.1 Å². The summed E-state index contributed by atoms with van der Waals surface area (Å²) < 4.78 is 0. The van der Waals surface area contributed by atoms with Gasteiger partial charge in [-0.2, -0.15) is 0 Å². The van der Waals surface area contributed by atoms with Crippen molar-refractivity contribution in [2.45, 2.75) is 13.8 Å². The van der Waals surface area contributed by atoms with Crippen LogP contribution >= 0.6 is 0 Å². The summed E-state index contributed by atoms with van der Waals surface area (Å²) in [6.45, 7) is 3.50. The molecule has 1 amide bonds. The number of aromatic nitrogens is 1. The molecular weight excluding hydrogens is 226 g/mol. The molecule has 2 rings (SSSR count). The van der Waals surface area contributed by atoms with Gasteiger partial charge in [0.2, 0.25) is 5.91 Å². The van der Waals surface area contributed by atoms with E-state index in [0.29, 0.717) is 5.82 Å². The van der Waals surface area contributed by atoms with Crippen LogP contribution in [0.15, 0.2) is 42.6 Å². The number of aryl methyl sites for hydroxylation is 1. The Morgan fingerprint density at radius 3 is 2.56 bits per heavy atom. The Morgan fingerprint density at radius 2 is 1.94 bits per heavy atom. The van der Waals surface area contributed by atoms with Crippen molar-refractivity contribution in [3.05, 3.63) is 48.2 Å². The minimum Gasteiger partial charge on any atom is -0.354 e. The first-order valence-electron chi connectivity index (χ1n) is 5.71. The van der Waals surface area contributed by atoms with Crippen LogP contribution in [-0.4, -0.2) is 10.9 Å². The fraction of sp³-hybridized carbons (Fsp3) is 0.143. The Labute approximate surface area is 106 Å². The zero-order valence-electron chi connectivity index (χ0n) is 10.4. The van der Waals surface area contributed by atoms with E-state index in [9.17, 15) is 4.79 Å². The molecule has 92 valence electrons. The van der Waals surface area contributed by atoms with Crippen LogP contribution in [0.5, 0.6) is 0 Å². The molecule has 0 fully saturated rings. The van der Waals surface area contributed by atoms with Gasteiger partial charge >= 0.3 is 0 Å². The van der Waals surface area contributed by atoms with Crippen molar-refractivity contribution in [1.82, 2.24) is 4.98 Å². The summed E-state index contributed by atoms with van der Waals surface area (Å²) in [6.07, 6.45) is 1.69. The molecule has 0 aliphatic heterocycles. The molecule has 4 heteroatoms. The molecule has 0 bridgehead atoms. The highest BCUT2D eigenvalue weighted by Crippen LogP contribution is 2.20. The first kappa shape index (κ1) is 12.1. The van der Waals surface area contributed by atoms with Gasteiger partial charge in [-0.05, 0) is 30.7 Å². The predicted molar refractivity (Wildman–Crippen MR) is 73.0 cm³/mol. The van der Waals surface area contributed by atoms with Gasteiger partial charge in [0.15, 0.2) is 0 Å². The standard InChI is InChI=1S/C14H15N3O/c1-10-5-3-4-6-13(10)17-12-7-8-14(15-9-12)16-11(2)18/h3-9,17H,1-2H3,(H,15,16,18). The fourth-order valence-electron chi connectivity index (χ4n) is 1.59. The molecule has 0 radical (unpaired) electrons. The second kappa shape index (κ2) is 5.31. The van der Waals surface area contributed by atoms with Crippen LogP contribution < -0.4 is 10.6 Å². The monoisotopic (exact) mass is 241 g/mol. The molecule has 2 N–H and O–H groups in total. The van der Waals surface area contributed by atoms with E-state index in [4.69, 9.17) is 0 Å². The Hall–Kier alpha value is -2.36. The number of nitrogens with zero attached hydrogens (tertiary/aromatic N) is 1. The van der Waals surface area contributed by atoms with Crippen molar-refractivity contribution in [1.29, 1.82) is 0 Å². The molecule has 0 spiro atoms. The SMILES string of the molecule is CC(=O)Nc1ccc(Nc2ccccc2C)cn1. The van der Waals surface area contributed by atoms with E-state index in [1.165, 1.54) is 12.5 Å². The minimum absolute atomic E-state index is 0.123. The number of rotatable bonds is 3. The minimum atomic E-state index is -0.123. The first-order chi connectivity index (χ1) is 8.65. The molecule has 18 heavy (non-hydrogen) atoms. The molecule has 0 aliphatic carbocycles. The van der Waals surface area contributed by atoms with Crippen LogP contribution in [0.2, 0.25) is 0 Å². The quantitative estimate of drug-likeness (QED) is 0.868. The number of benzene rings is 1. The van der Waals surface area contributed by atoms with Gasteiger partial charge in [-0.3, -0.25) is 4.79 Å². The largest absolute Gasteiger partial charge is 0.354 e. The third kappa shape index (κ3) is 3.07. The number of anilines is 3. The molecule has 1 aromatic heterocycles. The Bertz CT molecular complexity index is 549. The number of carbonyl (C=O) groups is 1. The number of hydrogen-bond acceptors (Lipinski definition) is 3. The lowest BCUT2D eigenvalue weighted by atomic mass is 10.2. The van der Waals surface area contributed by atoms with Crippen LogP contribution in [0.1, 0.15) is 12.5 Å². The molecule has 0 saturated carbocycles. The molecule has 0 saturated heterocycles.